The summed E-state index contributed by atoms with van der Waals surface area (Å²) >= 11 is 11.8. The summed E-state index contributed by atoms with van der Waals surface area (Å²) in [5.41, 5.74) is 5.93. The van der Waals surface area contributed by atoms with E-state index in [9.17, 15) is 4.79 Å². The molecule has 3 N–H and O–H groups in total. The lowest BCUT2D eigenvalue weighted by molar-refractivity contribution is -0.123. The predicted octanol–water partition coefficient (Wildman–Crippen LogP) is 2.04. The van der Waals surface area contributed by atoms with Gasteiger partial charge < -0.3 is 15.8 Å². The summed E-state index contributed by atoms with van der Waals surface area (Å²) in [6, 6.07) is 3.26. The molecule has 0 fully saturated rings. The number of benzene rings is 1. The van der Waals surface area contributed by atoms with E-state index in [1.54, 1.807) is 12.1 Å². The first-order valence-electron chi connectivity index (χ1n) is 4.79. The van der Waals surface area contributed by atoms with E-state index < -0.39 is 6.10 Å². The summed E-state index contributed by atoms with van der Waals surface area (Å²) in [6.07, 6.45) is -0.165. The fraction of sp³-hybridized carbons (Fsp3) is 0.300. The van der Waals surface area contributed by atoms with Crippen LogP contribution in [0.2, 0.25) is 10.0 Å². The largest absolute Gasteiger partial charge is 0.477 e. The van der Waals surface area contributed by atoms with E-state index >= 15 is 0 Å². The zero-order valence-corrected chi connectivity index (χ0v) is 9.81. The highest BCUT2D eigenvalue weighted by atomic mass is 35.5. The molecular formula is C10H10Cl2N2O2. The average Bonchev–Trinajstić information content (AvgIpc) is 2.26. The third kappa shape index (κ3) is 1.96. The quantitative estimate of drug-likeness (QED) is 0.856. The lowest BCUT2D eigenvalue weighted by Crippen LogP contribution is -2.38. The number of fused-ring (bicyclic) bond motifs is 1. The van der Waals surface area contributed by atoms with E-state index in [4.69, 9.17) is 33.7 Å². The van der Waals surface area contributed by atoms with Gasteiger partial charge >= 0.3 is 0 Å². The number of carbonyl (C=O) groups excluding carboxylic acids is 1. The van der Waals surface area contributed by atoms with Crippen LogP contribution in [0.4, 0.5) is 5.69 Å². The predicted molar refractivity (Wildman–Crippen MR) is 63.2 cm³/mol. The number of ether oxygens (including phenoxy) is 1. The highest BCUT2D eigenvalue weighted by Crippen LogP contribution is 2.41. The van der Waals surface area contributed by atoms with Crippen molar-refractivity contribution in [2.24, 2.45) is 5.73 Å². The topological polar surface area (TPSA) is 64.3 Å². The highest BCUT2D eigenvalue weighted by molar-refractivity contribution is 6.43. The van der Waals surface area contributed by atoms with E-state index in [0.717, 1.165) is 0 Å². The minimum absolute atomic E-state index is 0.212. The van der Waals surface area contributed by atoms with Crippen LogP contribution in [0.25, 0.3) is 0 Å². The fourth-order valence-electron chi connectivity index (χ4n) is 1.50. The van der Waals surface area contributed by atoms with E-state index in [1.165, 1.54) is 0 Å². The second-order valence-electron chi connectivity index (χ2n) is 3.41. The normalized spacial score (nSPS) is 18.7. The van der Waals surface area contributed by atoms with Gasteiger partial charge in [0.05, 0.1) is 10.7 Å². The molecule has 1 aromatic carbocycles. The summed E-state index contributed by atoms with van der Waals surface area (Å²) < 4.78 is 5.49. The third-order valence-corrected chi connectivity index (χ3v) is 3.08. The molecule has 0 saturated carbocycles. The fourth-order valence-corrected chi connectivity index (χ4v) is 1.85. The lowest BCUT2D eigenvalue weighted by Gasteiger charge is -2.26. The summed E-state index contributed by atoms with van der Waals surface area (Å²) in [6.45, 7) is 0.367. The molecule has 1 atom stereocenters. The molecule has 0 saturated heterocycles. The first-order chi connectivity index (χ1) is 7.63. The average molecular weight is 261 g/mol. The van der Waals surface area contributed by atoms with Crippen LogP contribution in [-0.4, -0.2) is 18.6 Å². The van der Waals surface area contributed by atoms with Crippen LogP contribution >= 0.6 is 23.2 Å². The van der Waals surface area contributed by atoms with Crippen molar-refractivity contribution in [3.63, 3.8) is 0 Å². The molecule has 1 aromatic rings. The van der Waals surface area contributed by atoms with Gasteiger partial charge in [-0.1, -0.05) is 23.2 Å². The zero-order chi connectivity index (χ0) is 11.7. The molecule has 2 rings (SSSR count). The number of hydrogen-bond donors (Lipinski definition) is 2. The second-order valence-corrected chi connectivity index (χ2v) is 4.20. The van der Waals surface area contributed by atoms with Gasteiger partial charge in [0.25, 0.3) is 5.91 Å². The smallest absolute Gasteiger partial charge is 0.265 e. The molecule has 0 aromatic heterocycles. The molecule has 0 spiro atoms. The number of halogens is 2. The summed E-state index contributed by atoms with van der Waals surface area (Å²) in [4.78, 5) is 11.6. The Bertz CT molecular complexity index is 437. The molecule has 0 radical (unpaired) electrons. The number of hydrogen-bond acceptors (Lipinski definition) is 3. The van der Waals surface area contributed by atoms with Crippen molar-refractivity contribution >= 4 is 34.8 Å². The minimum Gasteiger partial charge on any atom is -0.477 e. The van der Waals surface area contributed by atoms with Crippen molar-refractivity contribution in [3.8, 4) is 5.75 Å². The van der Waals surface area contributed by atoms with Gasteiger partial charge in [-0.15, -0.1) is 0 Å². The third-order valence-electron chi connectivity index (χ3n) is 2.29. The van der Waals surface area contributed by atoms with E-state index in [1.807, 2.05) is 0 Å². The van der Waals surface area contributed by atoms with Crippen molar-refractivity contribution in [1.82, 2.24) is 0 Å². The van der Waals surface area contributed by atoms with Crippen LogP contribution in [0.1, 0.15) is 6.42 Å². The van der Waals surface area contributed by atoms with Crippen LogP contribution in [0, 0.1) is 0 Å². The second kappa shape index (κ2) is 4.49. The van der Waals surface area contributed by atoms with Crippen molar-refractivity contribution in [3.05, 3.63) is 22.2 Å². The number of nitrogens with one attached hydrogen (secondary N) is 1. The molecule has 1 aliphatic rings. The number of nitrogens with two attached hydrogens (primary N) is 1. The van der Waals surface area contributed by atoms with Gasteiger partial charge in [0.2, 0.25) is 0 Å². The molecule has 1 aliphatic heterocycles. The maximum Gasteiger partial charge on any atom is 0.265 e. The first kappa shape index (κ1) is 11.5. The van der Waals surface area contributed by atoms with Gasteiger partial charge in [0.15, 0.2) is 11.9 Å². The maximum atomic E-state index is 11.6. The van der Waals surface area contributed by atoms with Crippen molar-refractivity contribution in [2.45, 2.75) is 12.5 Å². The zero-order valence-electron chi connectivity index (χ0n) is 8.30. The Morgan fingerprint density at radius 2 is 2.19 bits per heavy atom. The minimum atomic E-state index is -0.603. The van der Waals surface area contributed by atoms with Crippen molar-refractivity contribution < 1.29 is 9.53 Å². The van der Waals surface area contributed by atoms with E-state index in [0.29, 0.717) is 34.4 Å². The van der Waals surface area contributed by atoms with Crippen LogP contribution in [-0.2, 0) is 4.79 Å². The molecule has 0 aliphatic carbocycles. The maximum absolute atomic E-state index is 11.6. The van der Waals surface area contributed by atoms with Gasteiger partial charge in [-0.3, -0.25) is 4.79 Å². The summed E-state index contributed by atoms with van der Waals surface area (Å²) in [7, 11) is 0. The SMILES string of the molecule is NCCC1Oc2c(ccc(Cl)c2Cl)NC1=O. The number of amides is 1. The summed E-state index contributed by atoms with van der Waals surface area (Å²) in [5, 5.41) is 3.40. The van der Waals surface area contributed by atoms with Crippen LogP contribution in [0.3, 0.4) is 0 Å². The Morgan fingerprint density at radius 3 is 2.88 bits per heavy atom. The van der Waals surface area contributed by atoms with Gasteiger partial charge in [-0.25, -0.2) is 0 Å². The number of anilines is 1. The Kier molecular flexibility index (Phi) is 3.23. The molecule has 6 heteroatoms. The van der Waals surface area contributed by atoms with Crippen LogP contribution in [0.15, 0.2) is 12.1 Å². The highest BCUT2D eigenvalue weighted by Gasteiger charge is 2.29. The number of rotatable bonds is 2. The molecule has 86 valence electrons. The molecular weight excluding hydrogens is 251 g/mol. The lowest BCUT2D eigenvalue weighted by atomic mass is 10.1. The molecule has 16 heavy (non-hydrogen) atoms. The van der Waals surface area contributed by atoms with Crippen LogP contribution < -0.4 is 15.8 Å². The Labute approximate surface area is 103 Å². The van der Waals surface area contributed by atoms with E-state index in [2.05, 4.69) is 5.32 Å². The van der Waals surface area contributed by atoms with Gasteiger partial charge in [-0.05, 0) is 18.7 Å². The van der Waals surface area contributed by atoms with E-state index in [-0.39, 0.29) is 5.91 Å². The standard InChI is InChI=1S/C10H10Cl2N2O2/c11-5-1-2-6-9(8(5)12)16-7(3-4-13)10(15)14-6/h1-2,7H,3-4,13H2,(H,14,15). The first-order valence-corrected chi connectivity index (χ1v) is 5.54. The Balaban J connectivity index is 2.36. The van der Waals surface area contributed by atoms with Crippen molar-refractivity contribution in [2.75, 3.05) is 11.9 Å². The Hall–Kier alpha value is -0.970. The number of carbonyl (C=O) groups is 1. The van der Waals surface area contributed by atoms with Gasteiger partial charge in [0, 0.05) is 6.42 Å². The van der Waals surface area contributed by atoms with Crippen LogP contribution in [0.5, 0.6) is 5.75 Å². The molecule has 1 amide bonds. The Morgan fingerprint density at radius 1 is 1.44 bits per heavy atom. The van der Waals surface area contributed by atoms with Gasteiger partial charge in [-0.2, -0.15) is 0 Å². The van der Waals surface area contributed by atoms with Crippen molar-refractivity contribution in [1.29, 1.82) is 0 Å². The monoisotopic (exact) mass is 260 g/mol. The molecule has 4 nitrogen and oxygen atoms in total. The summed E-state index contributed by atoms with van der Waals surface area (Å²) in [5.74, 6) is 0.198. The molecule has 1 heterocycles. The van der Waals surface area contributed by atoms with Gasteiger partial charge in [0.1, 0.15) is 5.02 Å². The molecule has 0 bridgehead atoms. The molecule has 1 unspecified atom stereocenters.